The number of ether oxygens (including phenoxy) is 1. The van der Waals surface area contributed by atoms with Gasteiger partial charge in [-0.2, -0.15) is 18.4 Å². The molecule has 14 nitrogen and oxygen atoms in total. The van der Waals surface area contributed by atoms with E-state index in [0.29, 0.717) is 30.4 Å². The average Bonchev–Trinajstić information content (AvgIpc) is 3.75. The summed E-state index contributed by atoms with van der Waals surface area (Å²) in [6.07, 6.45) is 0.863. The van der Waals surface area contributed by atoms with Crippen LogP contribution in [0.25, 0.3) is 22.4 Å². The van der Waals surface area contributed by atoms with Gasteiger partial charge in [-0.3, -0.25) is 9.57 Å². The number of rotatable bonds is 7. The first-order chi connectivity index (χ1) is 27.9. The molecule has 0 spiro atoms. The Kier molecular flexibility index (Phi) is 11.2. The lowest BCUT2D eigenvalue weighted by molar-refractivity contribution is -0.137. The fraction of sp³-hybridized carbons (Fsp3) is 0.415. The van der Waals surface area contributed by atoms with Crippen molar-refractivity contribution >= 4 is 44.0 Å². The maximum absolute atomic E-state index is 13.5. The van der Waals surface area contributed by atoms with E-state index in [0.717, 1.165) is 53.4 Å². The van der Waals surface area contributed by atoms with Crippen LogP contribution in [0.3, 0.4) is 0 Å². The maximum atomic E-state index is 13.5. The second kappa shape index (κ2) is 15.8. The highest BCUT2D eigenvalue weighted by Crippen LogP contribution is 2.53. The Morgan fingerprint density at radius 3 is 2.54 bits per heavy atom. The molecule has 5 aromatic rings. The van der Waals surface area contributed by atoms with Gasteiger partial charge in [0.2, 0.25) is 0 Å². The molecular formula is C41H45F3N10O4S. The number of aryl methyl sites for hydroxylation is 2. The average molecular weight is 831 g/mol. The van der Waals surface area contributed by atoms with Gasteiger partial charge in [-0.05, 0) is 75.9 Å². The predicted octanol–water partition coefficient (Wildman–Crippen LogP) is 6.10. The van der Waals surface area contributed by atoms with Crippen LogP contribution in [0.2, 0.25) is 0 Å². The Balaban J connectivity index is 0.000000179. The SMILES string of the molecule is CC1COCCN1c1cc(C2(S(C)(=N)=O)CC2)nc(-c2ccnc3[nH]ccc23)n1.Cc1cccc(N(C)C(=O)C2C(O)CCN2c2nc(C)cc(C(F)(F)F)c2C#N)c1. The first-order valence-corrected chi connectivity index (χ1v) is 21.1. The summed E-state index contributed by atoms with van der Waals surface area (Å²) in [5, 5.41) is 20.9. The molecule has 310 valence electrons. The number of pyridine rings is 2. The number of hydrogen-bond acceptors (Lipinski definition) is 12. The van der Waals surface area contributed by atoms with E-state index in [4.69, 9.17) is 19.5 Å². The minimum atomic E-state index is -4.75. The zero-order chi connectivity index (χ0) is 42.4. The summed E-state index contributed by atoms with van der Waals surface area (Å²) in [7, 11) is -1.25. The molecule has 2 aliphatic heterocycles. The van der Waals surface area contributed by atoms with Gasteiger partial charge in [-0.15, -0.1) is 0 Å². The Morgan fingerprint density at radius 1 is 1.12 bits per heavy atom. The van der Waals surface area contributed by atoms with Crippen LogP contribution in [0.1, 0.15) is 54.3 Å². The van der Waals surface area contributed by atoms with E-state index < -0.39 is 49.8 Å². The van der Waals surface area contributed by atoms with Crippen LogP contribution in [0.15, 0.2) is 60.9 Å². The fourth-order valence-electron chi connectivity index (χ4n) is 7.79. The molecule has 3 N–H and O–H groups in total. The number of aliphatic hydroxyl groups excluding tert-OH is 1. The van der Waals surface area contributed by atoms with Crippen LogP contribution in [0, 0.1) is 30.0 Å². The zero-order valence-electron chi connectivity index (χ0n) is 33.2. The van der Waals surface area contributed by atoms with E-state index in [1.807, 2.05) is 37.4 Å². The lowest BCUT2D eigenvalue weighted by Gasteiger charge is -2.35. The zero-order valence-corrected chi connectivity index (χ0v) is 34.1. The third-order valence-electron chi connectivity index (χ3n) is 11.1. The van der Waals surface area contributed by atoms with E-state index in [-0.39, 0.29) is 30.5 Å². The van der Waals surface area contributed by atoms with Gasteiger partial charge >= 0.3 is 6.18 Å². The van der Waals surface area contributed by atoms with Gasteiger partial charge in [0.25, 0.3) is 5.91 Å². The molecule has 8 rings (SSSR count). The number of aromatic amines is 1. The van der Waals surface area contributed by atoms with Gasteiger partial charge in [0.05, 0.1) is 51.1 Å². The molecule has 3 fully saturated rings. The Hall–Kier alpha value is -5.64. The highest BCUT2D eigenvalue weighted by molar-refractivity contribution is 7.93. The molecule has 3 aliphatic rings. The van der Waals surface area contributed by atoms with Crippen molar-refractivity contribution in [1.82, 2.24) is 24.9 Å². The third kappa shape index (κ3) is 8.06. The quantitative estimate of drug-likeness (QED) is 0.172. The number of nitrogens with zero attached hydrogens (tertiary/aromatic N) is 8. The molecule has 1 aliphatic carbocycles. The number of aromatic nitrogens is 5. The summed E-state index contributed by atoms with van der Waals surface area (Å²) in [6.45, 7) is 7.49. The largest absolute Gasteiger partial charge is 0.417 e. The number of amides is 1. The molecule has 6 heterocycles. The van der Waals surface area contributed by atoms with Crippen LogP contribution in [-0.4, -0.2) is 97.9 Å². The molecule has 1 saturated carbocycles. The molecule has 2 saturated heterocycles. The van der Waals surface area contributed by atoms with Crippen molar-refractivity contribution in [3.05, 3.63) is 89.0 Å². The van der Waals surface area contributed by atoms with E-state index in [9.17, 15) is 32.5 Å². The molecule has 4 aromatic heterocycles. The minimum absolute atomic E-state index is 0.0657. The fourth-order valence-corrected chi connectivity index (χ4v) is 9.17. The van der Waals surface area contributed by atoms with Gasteiger partial charge in [0, 0.05) is 67.2 Å². The smallest absolute Gasteiger partial charge is 0.390 e. The molecule has 4 unspecified atom stereocenters. The monoisotopic (exact) mass is 830 g/mol. The second-order valence-electron chi connectivity index (χ2n) is 15.3. The molecule has 0 radical (unpaired) electrons. The Morgan fingerprint density at radius 2 is 1.88 bits per heavy atom. The maximum Gasteiger partial charge on any atom is 0.417 e. The number of H-pyrrole nitrogens is 1. The number of nitrogens with one attached hydrogen (secondary N) is 2. The van der Waals surface area contributed by atoms with E-state index >= 15 is 0 Å². The lowest BCUT2D eigenvalue weighted by atomic mass is 10.1. The highest BCUT2D eigenvalue weighted by Gasteiger charge is 2.53. The van der Waals surface area contributed by atoms with Gasteiger partial charge in [-0.1, -0.05) is 12.1 Å². The molecule has 1 amide bonds. The van der Waals surface area contributed by atoms with Crippen molar-refractivity contribution < 1.29 is 32.0 Å². The number of carbonyl (C=O) groups is 1. The van der Waals surface area contributed by atoms with Crippen molar-refractivity contribution in [3.8, 4) is 17.5 Å². The molecule has 59 heavy (non-hydrogen) atoms. The first kappa shape index (κ1) is 41.5. The lowest BCUT2D eigenvalue weighted by Crippen LogP contribution is -2.49. The topological polar surface area (TPSA) is 188 Å². The molecule has 0 bridgehead atoms. The van der Waals surface area contributed by atoms with Gasteiger partial charge < -0.3 is 29.5 Å². The van der Waals surface area contributed by atoms with E-state index in [2.05, 4.69) is 26.8 Å². The van der Waals surface area contributed by atoms with Crippen LogP contribution in [0.4, 0.5) is 30.5 Å². The van der Waals surface area contributed by atoms with Crippen LogP contribution in [-0.2, 0) is 30.2 Å². The number of carbonyl (C=O) groups excluding carboxylic acids is 1. The molecular weight excluding hydrogens is 786 g/mol. The van der Waals surface area contributed by atoms with Crippen molar-refractivity contribution in [1.29, 1.82) is 10.0 Å². The summed E-state index contributed by atoms with van der Waals surface area (Å²) in [6, 6.07) is 14.4. The van der Waals surface area contributed by atoms with E-state index in [1.165, 1.54) is 30.0 Å². The standard InChI is InChI=1S/C21H21F3N4O2.C20H24N6O2S/c1-12-5-4-6-14(9-12)27(3)20(30)18-17(29)7-8-28(18)19-15(11-25)16(21(22,23)24)10-13(2)26-19;1-13-12-28-10-9-26(13)17-11-16(20(5-6-20)29(2,21)27)24-19(25-17)15-4-8-23-18-14(15)3-7-22-18/h4-6,9-10,17-18,29H,7-8H2,1-3H3;3-4,7-8,11,13,21H,5-6,9-10,12H2,1-2H3,(H,22,23). The second-order valence-corrected chi connectivity index (χ2v) is 17.8. The number of nitriles is 1. The molecule has 18 heteroatoms. The molecule has 4 atom stereocenters. The van der Waals surface area contributed by atoms with Crippen LogP contribution in [0.5, 0.6) is 0 Å². The third-order valence-corrected chi connectivity index (χ3v) is 13.3. The number of likely N-dealkylation sites (N-methyl/N-ethyl adjacent to an activating group) is 1. The summed E-state index contributed by atoms with van der Waals surface area (Å²) in [5.74, 6) is 0.651. The van der Waals surface area contributed by atoms with Crippen LogP contribution < -0.4 is 14.7 Å². The predicted molar refractivity (Wildman–Crippen MR) is 217 cm³/mol. The molecule has 1 aromatic carbocycles. The summed E-state index contributed by atoms with van der Waals surface area (Å²) >= 11 is 0. The number of morpholine rings is 1. The van der Waals surface area contributed by atoms with Crippen molar-refractivity contribution in [2.45, 2.75) is 69.1 Å². The number of halogens is 3. The number of aliphatic hydroxyl groups is 1. The normalized spacial score (nSPS) is 21.0. The first-order valence-electron chi connectivity index (χ1n) is 19.1. The van der Waals surface area contributed by atoms with Gasteiger partial charge in [-0.25, -0.2) is 24.1 Å². The summed E-state index contributed by atoms with van der Waals surface area (Å²) < 4.78 is 66.4. The van der Waals surface area contributed by atoms with Crippen molar-refractivity contribution in [2.24, 2.45) is 0 Å². The Labute approximate surface area is 340 Å². The van der Waals surface area contributed by atoms with Gasteiger partial charge in [0.15, 0.2) is 5.82 Å². The van der Waals surface area contributed by atoms with Crippen molar-refractivity contribution in [2.75, 3.05) is 54.3 Å². The number of benzene rings is 1. The number of anilines is 3. The highest BCUT2D eigenvalue weighted by atomic mass is 32.2. The van der Waals surface area contributed by atoms with Crippen molar-refractivity contribution in [3.63, 3.8) is 0 Å². The Bertz CT molecular complexity index is 2550. The van der Waals surface area contributed by atoms with E-state index in [1.54, 1.807) is 30.5 Å². The van der Waals surface area contributed by atoms with Crippen LogP contribution >= 0.6 is 0 Å². The summed E-state index contributed by atoms with van der Waals surface area (Å²) in [4.78, 5) is 39.4. The number of alkyl halides is 3. The number of fused-ring (bicyclic) bond motifs is 1. The van der Waals surface area contributed by atoms with Gasteiger partial charge in [0.1, 0.15) is 35.0 Å². The minimum Gasteiger partial charge on any atom is -0.390 e. The number of hydrogen-bond donors (Lipinski definition) is 3. The summed E-state index contributed by atoms with van der Waals surface area (Å²) in [5.41, 5.74) is 2.19.